The van der Waals surface area contributed by atoms with Gasteiger partial charge in [0, 0.05) is 18.2 Å². The van der Waals surface area contributed by atoms with Crippen molar-refractivity contribution in [2.75, 3.05) is 24.9 Å². The van der Waals surface area contributed by atoms with Gasteiger partial charge in [0.2, 0.25) is 5.91 Å². The van der Waals surface area contributed by atoms with Crippen LogP contribution in [-0.4, -0.2) is 26.0 Å². The van der Waals surface area contributed by atoms with E-state index in [0.717, 1.165) is 6.42 Å². The second-order valence-electron chi connectivity index (χ2n) is 5.40. The van der Waals surface area contributed by atoms with Crippen LogP contribution >= 0.6 is 0 Å². The van der Waals surface area contributed by atoms with Crippen LogP contribution in [0.4, 0.5) is 11.4 Å². The summed E-state index contributed by atoms with van der Waals surface area (Å²) in [5.41, 5.74) is 1.37. The number of rotatable bonds is 7. The van der Waals surface area contributed by atoms with Crippen LogP contribution in [0.1, 0.15) is 30.1 Å². The minimum atomic E-state index is -0.348. The van der Waals surface area contributed by atoms with Crippen molar-refractivity contribution in [2.45, 2.75) is 19.8 Å². The lowest BCUT2D eigenvalue weighted by atomic mass is 10.1. The molecule has 2 N–H and O–H groups in total. The molecule has 0 radical (unpaired) electrons. The Bertz CT molecular complexity index is 759. The van der Waals surface area contributed by atoms with Gasteiger partial charge in [0.1, 0.15) is 11.5 Å². The first-order valence-electron chi connectivity index (χ1n) is 8.00. The van der Waals surface area contributed by atoms with E-state index >= 15 is 0 Å². The minimum absolute atomic E-state index is 0.136. The number of ether oxygens (including phenoxy) is 2. The Morgan fingerprint density at radius 2 is 1.68 bits per heavy atom. The Kier molecular flexibility index (Phi) is 6.39. The highest BCUT2D eigenvalue weighted by atomic mass is 16.5. The van der Waals surface area contributed by atoms with Gasteiger partial charge >= 0.3 is 0 Å². The van der Waals surface area contributed by atoms with Crippen LogP contribution in [0.3, 0.4) is 0 Å². The molecule has 2 rings (SSSR count). The van der Waals surface area contributed by atoms with E-state index in [1.165, 1.54) is 7.11 Å². The van der Waals surface area contributed by atoms with E-state index < -0.39 is 0 Å². The highest BCUT2D eigenvalue weighted by Crippen LogP contribution is 2.24. The third kappa shape index (κ3) is 4.97. The fourth-order valence-electron chi connectivity index (χ4n) is 2.29. The number of carbonyl (C=O) groups excluding carboxylic acids is 2. The number of benzene rings is 2. The average Bonchev–Trinajstić information content (AvgIpc) is 2.62. The Hall–Kier alpha value is -3.02. The SMILES string of the molecule is CCCC(=O)Nc1ccc(OC)cc1C(=O)Nc1cccc(OC)c1. The maximum atomic E-state index is 12.7. The standard InChI is InChI=1S/C19H22N2O4/c1-4-6-18(22)21-17-10-9-15(25-3)12-16(17)19(23)20-13-7-5-8-14(11-13)24-2/h5,7-12H,4,6H2,1-3H3,(H,20,23)(H,21,22). The summed E-state index contributed by atoms with van der Waals surface area (Å²) in [5.74, 6) is 0.686. The second-order valence-corrected chi connectivity index (χ2v) is 5.40. The van der Waals surface area contributed by atoms with E-state index in [0.29, 0.717) is 34.9 Å². The van der Waals surface area contributed by atoms with Gasteiger partial charge in [0.25, 0.3) is 5.91 Å². The zero-order valence-electron chi connectivity index (χ0n) is 14.6. The summed E-state index contributed by atoms with van der Waals surface area (Å²) in [6.07, 6.45) is 1.12. The van der Waals surface area contributed by atoms with Crippen LogP contribution in [-0.2, 0) is 4.79 Å². The molecule has 132 valence electrons. The minimum Gasteiger partial charge on any atom is -0.497 e. The zero-order chi connectivity index (χ0) is 18.2. The van der Waals surface area contributed by atoms with Crippen LogP contribution in [0, 0.1) is 0 Å². The average molecular weight is 342 g/mol. The molecular formula is C19H22N2O4. The first kappa shape index (κ1) is 18.3. The van der Waals surface area contributed by atoms with Gasteiger partial charge < -0.3 is 20.1 Å². The molecule has 0 aliphatic rings. The Morgan fingerprint density at radius 1 is 0.960 bits per heavy atom. The van der Waals surface area contributed by atoms with Gasteiger partial charge in [-0.2, -0.15) is 0 Å². The number of carbonyl (C=O) groups is 2. The number of amides is 2. The molecule has 0 saturated heterocycles. The van der Waals surface area contributed by atoms with Gasteiger partial charge in [0.15, 0.2) is 0 Å². The molecule has 2 aromatic carbocycles. The van der Waals surface area contributed by atoms with E-state index in [9.17, 15) is 9.59 Å². The normalized spacial score (nSPS) is 10.0. The predicted molar refractivity (Wildman–Crippen MR) is 97.5 cm³/mol. The molecule has 2 aromatic rings. The van der Waals surface area contributed by atoms with Crippen molar-refractivity contribution in [1.29, 1.82) is 0 Å². The third-order valence-corrected chi connectivity index (χ3v) is 3.55. The second kappa shape index (κ2) is 8.73. The van der Waals surface area contributed by atoms with Crippen LogP contribution in [0.25, 0.3) is 0 Å². The Morgan fingerprint density at radius 3 is 2.36 bits per heavy atom. The summed E-state index contributed by atoms with van der Waals surface area (Å²) >= 11 is 0. The Labute approximate surface area is 147 Å². The van der Waals surface area contributed by atoms with Crippen molar-refractivity contribution in [2.24, 2.45) is 0 Å². The fraction of sp³-hybridized carbons (Fsp3) is 0.263. The van der Waals surface area contributed by atoms with E-state index in [1.54, 1.807) is 49.6 Å². The Balaban J connectivity index is 2.27. The van der Waals surface area contributed by atoms with Gasteiger partial charge in [-0.3, -0.25) is 9.59 Å². The molecule has 6 nitrogen and oxygen atoms in total. The lowest BCUT2D eigenvalue weighted by Gasteiger charge is -2.13. The quantitative estimate of drug-likeness (QED) is 0.804. The van der Waals surface area contributed by atoms with Gasteiger partial charge in [-0.25, -0.2) is 0 Å². The molecule has 0 atom stereocenters. The van der Waals surface area contributed by atoms with Crippen LogP contribution in [0.2, 0.25) is 0 Å². The molecule has 0 saturated carbocycles. The topological polar surface area (TPSA) is 76.7 Å². The highest BCUT2D eigenvalue weighted by Gasteiger charge is 2.15. The lowest BCUT2D eigenvalue weighted by Crippen LogP contribution is -2.18. The molecule has 6 heteroatoms. The largest absolute Gasteiger partial charge is 0.497 e. The van der Waals surface area contributed by atoms with E-state index in [-0.39, 0.29) is 11.8 Å². The van der Waals surface area contributed by atoms with Crippen molar-refractivity contribution in [3.05, 3.63) is 48.0 Å². The van der Waals surface area contributed by atoms with Crippen molar-refractivity contribution >= 4 is 23.2 Å². The summed E-state index contributed by atoms with van der Waals surface area (Å²) in [6.45, 7) is 1.92. The van der Waals surface area contributed by atoms with Gasteiger partial charge in [-0.15, -0.1) is 0 Å². The lowest BCUT2D eigenvalue weighted by molar-refractivity contribution is -0.116. The molecule has 25 heavy (non-hydrogen) atoms. The predicted octanol–water partition coefficient (Wildman–Crippen LogP) is 3.69. The number of nitrogens with one attached hydrogen (secondary N) is 2. The fourth-order valence-corrected chi connectivity index (χ4v) is 2.29. The molecular weight excluding hydrogens is 320 g/mol. The van der Waals surface area contributed by atoms with Crippen LogP contribution in [0.5, 0.6) is 11.5 Å². The zero-order valence-corrected chi connectivity index (χ0v) is 14.6. The molecule has 0 aromatic heterocycles. The first-order chi connectivity index (χ1) is 12.1. The molecule has 0 heterocycles. The summed E-state index contributed by atoms with van der Waals surface area (Å²) in [5, 5.41) is 5.58. The number of hydrogen-bond donors (Lipinski definition) is 2. The van der Waals surface area contributed by atoms with E-state index in [2.05, 4.69) is 10.6 Å². The maximum Gasteiger partial charge on any atom is 0.257 e. The van der Waals surface area contributed by atoms with E-state index in [4.69, 9.17) is 9.47 Å². The highest BCUT2D eigenvalue weighted by molar-refractivity contribution is 6.10. The monoisotopic (exact) mass is 342 g/mol. The third-order valence-electron chi connectivity index (χ3n) is 3.55. The molecule has 0 spiro atoms. The summed E-state index contributed by atoms with van der Waals surface area (Å²) in [4.78, 5) is 24.6. The molecule has 0 unspecified atom stereocenters. The molecule has 0 aliphatic heterocycles. The summed E-state index contributed by atoms with van der Waals surface area (Å²) in [6, 6.07) is 12.0. The van der Waals surface area contributed by atoms with E-state index in [1.807, 2.05) is 6.92 Å². The molecule has 0 bridgehead atoms. The molecule has 0 fully saturated rings. The van der Waals surface area contributed by atoms with Crippen molar-refractivity contribution in [3.8, 4) is 11.5 Å². The van der Waals surface area contributed by atoms with Gasteiger partial charge in [0.05, 0.1) is 25.5 Å². The van der Waals surface area contributed by atoms with Crippen molar-refractivity contribution < 1.29 is 19.1 Å². The number of methoxy groups -OCH3 is 2. The van der Waals surface area contributed by atoms with Crippen LogP contribution in [0.15, 0.2) is 42.5 Å². The van der Waals surface area contributed by atoms with Gasteiger partial charge in [-0.1, -0.05) is 13.0 Å². The van der Waals surface area contributed by atoms with Crippen molar-refractivity contribution in [3.63, 3.8) is 0 Å². The van der Waals surface area contributed by atoms with Gasteiger partial charge in [-0.05, 0) is 36.8 Å². The number of anilines is 2. The first-order valence-corrected chi connectivity index (χ1v) is 8.00. The summed E-state index contributed by atoms with van der Waals surface area (Å²) < 4.78 is 10.3. The van der Waals surface area contributed by atoms with Crippen molar-refractivity contribution in [1.82, 2.24) is 0 Å². The van der Waals surface area contributed by atoms with Crippen LogP contribution < -0.4 is 20.1 Å². The smallest absolute Gasteiger partial charge is 0.257 e. The maximum absolute atomic E-state index is 12.7. The number of hydrogen-bond acceptors (Lipinski definition) is 4. The molecule has 0 aliphatic carbocycles. The molecule has 2 amide bonds. The summed E-state index contributed by atoms with van der Waals surface area (Å²) in [7, 11) is 3.08.